The summed E-state index contributed by atoms with van der Waals surface area (Å²) < 4.78 is 12.0. The zero-order valence-electron chi connectivity index (χ0n) is 11.8. The van der Waals surface area contributed by atoms with Crippen LogP contribution in [0.3, 0.4) is 0 Å². The molecule has 1 aliphatic carbocycles. The van der Waals surface area contributed by atoms with E-state index in [0.717, 1.165) is 16.7 Å². The van der Waals surface area contributed by atoms with Crippen LogP contribution in [0.5, 0.6) is 0 Å². The van der Waals surface area contributed by atoms with Crippen molar-refractivity contribution in [2.75, 3.05) is 0 Å². The zero-order chi connectivity index (χ0) is 13.8. The van der Waals surface area contributed by atoms with Crippen LogP contribution < -0.4 is 5.46 Å². The summed E-state index contributed by atoms with van der Waals surface area (Å²) in [7, 11) is -0.404. The van der Waals surface area contributed by atoms with Crippen LogP contribution in [0.25, 0.3) is 0 Å². The lowest BCUT2D eigenvalue weighted by Gasteiger charge is -2.32. The number of rotatable bonds is 1. The first-order chi connectivity index (χ1) is 8.78. The summed E-state index contributed by atoms with van der Waals surface area (Å²) in [6.07, 6.45) is 2.70. The van der Waals surface area contributed by atoms with Crippen molar-refractivity contribution in [2.45, 2.75) is 51.7 Å². The number of ketones is 1. The maximum Gasteiger partial charge on any atom is 0.496 e. The minimum Gasteiger partial charge on any atom is -0.399 e. The van der Waals surface area contributed by atoms with Crippen molar-refractivity contribution in [3.8, 4) is 0 Å². The molecule has 2 heterocycles. The highest BCUT2D eigenvalue weighted by atomic mass is 16.7. The molecule has 0 saturated carbocycles. The molecule has 2 aliphatic rings. The third-order valence-electron chi connectivity index (χ3n) is 4.36. The second-order valence-electron chi connectivity index (χ2n) is 6.35. The van der Waals surface area contributed by atoms with Crippen LogP contribution in [0.2, 0.25) is 0 Å². The average Bonchev–Trinajstić information content (AvgIpc) is 2.74. The van der Waals surface area contributed by atoms with E-state index >= 15 is 0 Å². The standard InChI is InChI=1S/C14H18BNO3/c1-13(2)14(3,4)19-15(18-13)10-5-9-6-11(17)7-12(9)16-8-10/h5,8H,6-7H2,1-4H3. The fraction of sp³-hybridized carbons (Fsp3) is 0.571. The highest BCUT2D eigenvalue weighted by Crippen LogP contribution is 2.36. The predicted molar refractivity (Wildman–Crippen MR) is 72.4 cm³/mol. The van der Waals surface area contributed by atoms with Gasteiger partial charge in [0.05, 0.1) is 16.9 Å². The summed E-state index contributed by atoms with van der Waals surface area (Å²) in [6, 6.07) is 2.00. The number of nitrogens with zero attached hydrogens (tertiary/aromatic N) is 1. The van der Waals surface area contributed by atoms with Gasteiger partial charge in [0.2, 0.25) is 0 Å². The minimum absolute atomic E-state index is 0.230. The Bertz CT molecular complexity index is 538. The first-order valence-corrected chi connectivity index (χ1v) is 6.63. The summed E-state index contributed by atoms with van der Waals surface area (Å²) in [4.78, 5) is 15.8. The molecular weight excluding hydrogens is 241 g/mol. The summed E-state index contributed by atoms with van der Waals surface area (Å²) >= 11 is 0. The van der Waals surface area contributed by atoms with Crippen LogP contribution in [0, 0.1) is 0 Å². The lowest BCUT2D eigenvalue weighted by atomic mass is 9.79. The maximum atomic E-state index is 11.4. The fourth-order valence-corrected chi connectivity index (χ4v) is 2.44. The van der Waals surface area contributed by atoms with Crippen LogP contribution in [-0.4, -0.2) is 29.1 Å². The Labute approximate surface area is 113 Å². The molecule has 4 nitrogen and oxygen atoms in total. The third-order valence-corrected chi connectivity index (χ3v) is 4.36. The molecule has 19 heavy (non-hydrogen) atoms. The van der Waals surface area contributed by atoms with Gasteiger partial charge in [-0.05, 0) is 33.3 Å². The fourth-order valence-electron chi connectivity index (χ4n) is 2.44. The number of hydrogen-bond acceptors (Lipinski definition) is 4. The summed E-state index contributed by atoms with van der Waals surface area (Å²) in [5, 5.41) is 0. The molecule has 0 bridgehead atoms. The van der Waals surface area contributed by atoms with Gasteiger partial charge in [-0.1, -0.05) is 6.07 Å². The average molecular weight is 259 g/mol. The summed E-state index contributed by atoms with van der Waals surface area (Å²) in [5.41, 5.74) is 2.09. The second-order valence-corrected chi connectivity index (χ2v) is 6.35. The molecule has 0 unspecified atom stereocenters. The predicted octanol–water partition coefficient (Wildman–Crippen LogP) is 1.05. The quantitative estimate of drug-likeness (QED) is 0.707. The normalized spacial score (nSPS) is 23.8. The van der Waals surface area contributed by atoms with Crippen LogP contribution in [-0.2, 0) is 26.9 Å². The van der Waals surface area contributed by atoms with Gasteiger partial charge in [-0.2, -0.15) is 0 Å². The van der Waals surface area contributed by atoms with Crippen molar-refractivity contribution in [1.29, 1.82) is 0 Å². The van der Waals surface area contributed by atoms with Crippen LogP contribution in [0.1, 0.15) is 39.0 Å². The van der Waals surface area contributed by atoms with Crippen molar-refractivity contribution in [3.63, 3.8) is 0 Å². The van der Waals surface area contributed by atoms with Crippen molar-refractivity contribution in [1.82, 2.24) is 4.98 Å². The Morgan fingerprint density at radius 3 is 2.42 bits per heavy atom. The van der Waals surface area contributed by atoms with Gasteiger partial charge in [0.25, 0.3) is 0 Å². The lowest BCUT2D eigenvalue weighted by Crippen LogP contribution is -2.41. The number of aromatic nitrogens is 1. The van der Waals surface area contributed by atoms with E-state index in [0.29, 0.717) is 12.8 Å². The molecule has 0 N–H and O–H groups in total. The molecule has 1 aliphatic heterocycles. The summed E-state index contributed by atoms with van der Waals surface area (Å²) in [5.74, 6) is 0.230. The van der Waals surface area contributed by atoms with Crippen molar-refractivity contribution < 1.29 is 14.1 Å². The van der Waals surface area contributed by atoms with Crippen molar-refractivity contribution in [2.24, 2.45) is 0 Å². The number of fused-ring (bicyclic) bond motifs is 1. The van der Waals surface area contributed by atoms with E-state index in [9.17, 15) is 4.79 Å². The van der Waals surface area contributed by atoms with Gasteiger partial charge in [0.1, 0.15) is 5.78 Å². The van der Waals surface area contributed by atoms with E-state index < -0.39 is 7.12 Å². The number of pyridine rings is 1. The first-order valence-electron chi connectivity index (χ1n) is 6.63. The lowest BCUT2D eigenvalue weighted by molar-refractivity contribution is -0.117. The Morgan fingerprint density at radius 1 is 1.16 bits per heavy atom. The molecule has 0 atom stereocenters. The highest BCUT2D eigenvalue weighted by Gasteiger charge is 2.51. The SMILES string of the molecule is CC1(C)OB(c2cnc3c(c2)CC(=O)C3)OC1(C)C. The molecule has 1 aromatic heterocycles. The molecule has 0 radical (unpaired) electrons. The molecule has 100 valence electrons. The largest absolute Gasteiger partial charge is 0.496 e. The first kappa shape index (κ1) is 12.8. The Kier molecular flexibility index (Phi) is 2.63. The van der Waals surface area contributed by atoms with E-state index in [1.165, 1.54) is 0 Å². The molecule has 5 heteroatoms. The third kappa shape index (κ3) is 2.01. The second kappa shape index (κ2) is 3.90. The topological polar surface area (TPSA) is 48.4 Å². The highest BCUT2D eigenvalue weighted by molar-refractivity contribution is 6.62. The molecule has 1 fully saturated rings. The minimum atomic E-state index is -0.404. The number of carbonyl (C=O) groups excluding carboxylic acids is 1. The zero-order valence-corrected chi connectivity index (χ0v) is 11.8. The molecule has 1 aromatic rings. The Morgan fingerprint density at radius 2 is 1.79 bits per heavy atom. The van der Waals surface area contributed by atoms with E-state index in [2.05, 4.69) is 4.98 Å². The van der Waals surface area contributed by atoms with Gasteiger partial charge in [0, 0.05) is 24.5 Å². The molecule has 0 amide bonds. The molecule has 1 saturated heterocycles. The van der Waals surface area contributed by atoms with Gasteiger partial charge in [-0.15, -0.1) is 0 Å². The molecule has 3 rings (SSSR count). The Hall–Kier alpha value is -1.20. The van der Waals surface area contributed by atoms with E-state index in [1.54, 1.807) is 6.20 Å². The number of carbonyl (C=O) groups is 1. The van der Waals surface area contributed by atoms with E-state index in [-0.39, 0.29) is 17.0 Å². The van der Waals surface area contributed by atoms with Crippen LogP contribution >= 0.6 is 0 Å². The maximum absolute atomic E-state index is 11.4. The molecule has 0 spiro atoms. The van der Waals surface area contributed by atoms with Crippen LogP contribution in [0.4, 0.5) is 0 Å². The molecule has 0 aromatic carbocycles. The van der Waals surface area contributed by atoms with Gasteiger partial charge >= 0.3 is 7.12 Å². The monoisotopic (exact) mass is 259 g/mol. The van der Waals surface area contributed by atoms with E-state index in [1.807, 2.05) is 33.8 Å². The molecular formula is C14H18BNO3. The van der Waals surface area contributed by atoms with Gasteiger partial charge in [-0.25, -0.2) is 0 Å². The smallest absolute Gasteiger partial charge is 0.399 e. The van der Waals surface area contributed by atoms with Gasteiger partial charge < -0.3 is 9.31 Å². The summed E-state index contributed by atoms with van der Waals surface area (Å²) in [6.45, 7) is 8.10. The Balaban J connectivity index is 1.90. The van der Waals surface area contributed by atoms with Crippen molar-refractivity contribution >= 4 is 18.4 Å². The van der Waals surface area contributed by atoms with E-state index in [4.69, 9.17) is 9.31 Å². The van der Waals surface area contributed by atoms with Gasteiger partial charge in [-0.3, -0.25) is 9.78 Å². The number of Topliss-reactive ketones (excluding diaryl/α,β-unsaturated/α-hetero) is 1. The van der Waals surface area contributed by atoms with Crippen LogP contribution in [0.15, 0.2) is 12.3 Å². The van der Waals surface area contributed by atoms with Crippen molar-refractivity contribution in [3.05, 3.63) is 23.5 Å². The number of hydrogen-bond donors (Lipinski definition) is 0. The van der Waals surface area contributed by atoms with Gasteiger partial charge in [0.15, 0.2) is 0 Å².